The number of halogens is 2. The number of sulfone groups is 1. The van der Waals surface area contributed by atoms with Gasteiger partial charge in [0.15, 0.2) is 9.84 Å². The fraction of sp³-hybridized carbons (Fsp3) is 0.480. The molecule has 34 heavy (non-hydrogen) atoms. The zero-order chi connectivity index (χ0) is 23.6. The van der Waals surface area contributed by atoms with Gasteiger partial charge in [0.25, 0.3) is 0 Å². The number of rotatable bonds is 7. The lowest BCUT2D eigenvalue weighted by Gasteiger charge is -2.38. The van der Waals surface area contributed by atoms with Gasteiger partial charge < -0.3 is 15.5 Å². The Morgan fingerprint density at radius 1 is 1.03 bits per heavy atom. The second-order valence-electron chi connectivity index (χ2n) is 9.43. The molecule has 2 aliphatic heterocycles. The summed E-state index contributed by atoms with van der Waals surface area (Å²) in [6, 6.07) is 14.5. The van der Waals surface area contributed by atoms with Crippen LogP contribution in [0.3, 0.4) is 0 Å². The largest absolute Gasteiger partial charge is 0.338 e. The van der Waals surface area contributed by atoms with Crippen LogP contribution in [0.2, 0.25) is 5.02 Å². The van der Waals surface area contributed by atoms with Crippen LogP contribution in [0.25, 0.3) is 0 Å². The Hall–Kier alpha value is -1.64. The summed E-state index contributed by atoms with van der Waals surface area (Å²) in [6.07, 6.45) is 4.67. The molecule has 0 bridgehead atoms. The number of piperidine rings is 1. The second kappa shape index (κ2) is 11.0. The van der Waals surface area contributed by atoms with E-state index >= 15 is 0 Å². The molecule has 0 radical (unpaired) electrons. The first-order valence-corrected chi connectivity index (χ1v) is 13.8. The van der Waals surface area contributed by atoms with Gasteiger partial charge in [-0.2, -0.15) is 0 Å². The van der Waals surface area contributed by atoms with Crippen LogP contribution in [-0.4, -0.2) is 56.6 Å². The number of hydrogen-bond acceptors (Lipinski definition) is 5. The maximum atomic E-state index is 13.3. The molecule has 2 heterocycles. The summed E-state index contributed by atoms with van der Waals surface area (Å²) >= 11 is 6.28. The van der Waals surface area contributed by atoms with Crippen molar-refractivity contribution in [3.8, 4) is 0 Å². The molecule has 1 atom stereocenters. The monoisotopic (exact) mass is 525 g/mol. The topological polar surface area (TPSA) is 83.7 Å². The Kier molecular flexibility index (Phi) is 8.69. The van der Waals surface area contributed by atoms with Crippen LogP contribution in [0.15, 0.2) is 53.4 Å². The molecular formula is C25H33Cl2N3O3S. The van der Waals surface area contributed by atoms with Crippen LogP contribution in [0.5, 0.6) is 0 Å². The van der Waals surface area contributed by atoms with Crippen molar-refractivity contribution >= 4 is 39.8 Å². The molecule has 9 heteroatoms. The van der Waals surface area contributed by atoms with Gasteiger partial charge in [-0.25, -0.2) is 8.42 Å². The van der Waals surface area contributed by atoms with Gasteiger partial charge in [0.1, 0.15) is 0 Å². The zero-order valence-corrected chi connectivity index (χ0v) is 21.8. The van der Waals surface area contributed by atoms with Crippen molar-refractivity contribution in [1.29, 1.82) is 0 Å². The van der Waals surface area contributed by atoms with Crippen molar-refractivity contribution in [3.05, 3.63) is 64.7 Å². The highest BCUT2D eigenvalue weighted by molar-refractivity contribution is 7.90. The molecule has 6 nitrogen and oxygen atoms in total. The van der Waals surface area contributed by atoms with Gasteiger partial charge in [-0.1, -0.05) is 41.9 Å². The van der Waals surface area contributed by atoms with E-state index in [0.29, 0.717) is 16.5 Å². The quantitative estimate of drug-likeness (QED) is 0.588. The first kappa shape index (κ1) is 27.0. The third kappa shape index (κ3) is 5.94. The van der Waals surface area contributed by atoms with E-state index in [0.717, 1.165) is 63.0 Å². The van der Waals surface area contributed by atoms with E-state index < -0.39 is 9.84 Å². The first-order valence-electron chi connectivity index (χ1n) is 11.5. The van der Waals surface area contributed by atoms with Crippen molar-refractivity contribution in [1.82, 2.24) is 9.80 Å². The number of likely N-dealkylation sites (tertiary alicyclic amines) is 2. The Labute approximate surface area is 213 Å². The van der Waals surface area contributed by atoms with E-state index in [9.17, 15) is 13.2 Å². The number of nitrogens with two attached hydrogens (primary N) is 1. The van der Waals surface area contributed by atoms with Crippen LogP contribution in [-0.2, 0) is 21.2 Å². The van der Waals surface area contributed by atoms with Crippen molar-refractivity contribution in [2.24, 2.45) is 11.1 Å². The SMILES string of the molecule is CS(=O)(=O)c1ccc(CN2CCC3(CCN(CCC(N)c4ccccc4Cl)CC3)C2=O)cc1.Cl. The molecule has 1 amide bonds. The molecule has 0 saturated carbocycles. The lowest BCUT2D eigenvalue weighted by molar-refractivity contribution is -0.138. The first-order chi connectivity index (χ1) is 15.7. The number of amides is 1. The van der Waals surface area contributed by atoms with Crippen LogP contribution < -0.4 is 5.73 Å². The number of hydrogen-bond donors (Lipinski definition) is 1. The summed E-state index contributed by atoms with van der Waals surface area (Å²) in [6.45, 7) is 3.98. The minimum Gasteiger partial charge on any atom is -0.338 e. The van der Waals surface area contributed by atoms with Crippen molar-refractivity contribution in [2.45, 2.75) is 43.2 Å². The average molecular weight is 527 g/mol. The van der Waals surface area contributed by atoms with Gasteiger partial charge in [-0.15, -0.1) is 12.4 Å². The number of carbonyl (C=O) groups is 1. The average Bonchev–Trinajstić information content (AvgIpc) is 3.08. The molecule has 2 N–H and O–H groups in total. The van der Waals surface area contributed by atoms with Crippen molar-refractivity contribution in [3.63, 3.8) is 0 Å². The fourth-order valence-electron chi connectivity index (χ4n) is 5.03. The van der Waals surface area contributed by atoms with E-state index in [1.807, 2.05) is 29.2 Å². The number of carbonyl (C=O) groups excluding carboxylic acids is 1. The molecule has 2 fully saturated rings. The standard InChI is InChI=1S/C25H32ClN3O3S.ClH/c1-33(31,32)20-8-6-19(7-9-20)18-29-17-13-25(24(29)30)11-15-28(16-12-25)14-10-23(27)21-4-2-3-5-22(21)26;/h2-9,23H,10-18,27H2,1H3;1H. The lowest BCUT2D eigenvalue weighted by atomic mass is 9.77. The highest BCUT2D eigenvalue weighted by Gasteiger charge is 2.47. The van der Waals surface area contributed by atoms with Crippen molar-refractivity contribution in [2.75, 3.05) is 32.4 Å². The van der Waals surface area contributed by atoms with Gasteiger partial charge in [0.05, 0.1) is 10.3 Å². The summed E-state index contributed by atoms with van der Waals surface area (Å²) < 4.78 is 23.3. The van der Waals surface area contributed by atoms with Gasteiger partial charge in [0, 0.05) is 30.4 Å². The molecular weight excluding hydrogens is 493 g/mol. The predicted molar refractivity (Wildman–Crippen MR) is 138 cm³/mol. The van der Waals surface area contributed by atoms with Crippen LogP contribution >= 0.6 is 24.0 Å². The second-order valence-corrected chi connectivity index (χ2v) is 11.9. The van der Waals surface area contributed by atoms with Crippen LogP contribution in [0.1, 0.15) is 42.9 Å². The Morgan fingerprint density at radius 3 is 2.26 bits per heavy atom. The Bertz CT molecular complexity index is 1100. The Morgan fingerprint density at radius 2 is 1.65 bits per heavy atom. The fourth-order valence-corrected chi connectivity index (χ4v) is 5.93. The van der Waals surface area contributed by atoms with E-state index in [1.54, 1.807) is 24.3 Å². The zero-order valence-electron chi connectivity index (χ0n) is 19.5. The summed E-state index contributed by atoms with van der Waals surface area (Å²) in [5, 5.41) is 0.713. The molecule has 0 aromatic heterocycles. The maximum absolute atomic E-state index is 13.3. The molecule has 186 valence electrons. The van der Waals surface area contributed by atoms with Gasteiger partial charge >= 0.3 is 0 Å². The van der Waals surface area contributed by atoms with Gasteiger partial charge in [0.2, 0.25) is 5.91 Å². The smallest absolute Gasteiger partial charge is 0.229 e. The summed E-state index contributed by atoms with van der Waals surface area (Å²) in [7, 11) is -3.21. The summed E-state index contributed by atoms with van der Waals surface area (Å²) in [5.41, 5.74) is 8.06. The molecule has 2 aromatic rings. The minimum absolute atomic E-state index is 0. The van der Waals surface area contributed by atoms with Gasteiger partial charge in [-0.3, -0.25) is 4.79 Å². The normalized spacial score (nSPS) is 19.3. The van der Waals surface area contributed by atoms with E-state index in [1.165, 1.54) is 6.26 Å². The molecule has 2 aliphatic rings. The summed E-state index contributed by atoms with van der Waals surface area (Å²) in [5.74, 6) is 0.238. The molecule has 0 aliphatic carbocycles. The predicted octanol–water partition coefficient (Wildman–Crippen LogP) is 4.07. The highest BCUT2D eigenvalue weighted by Crippen LogP contribution is 2.42. The molecule has 2 aromatic carbocycles. The Balaban J connectivity index is 0.00000324. The minimum atomic E-state index is -3.21. The van der Waals surface area contributed by atoms with E-state index in [2.05, 4.69) is 4.90 Å². The molecule has 1 spiro atoms. The third-order valence-corrected chi connectivity index (χ3v) is 8.67. The summed E-state index contributed by atoms with van der Waals surface area (Å²) in [4.78, 5) is 17.9. The molecule has 2 saturated heterocycles. The lowest BCUT2D eigenvalue weighted by Crippen LogP contribution is -2.45. The number of nitrogens with zero attached hydrogens (tertiary/aromatic N) is 2. The highest BCUT2D eigenvalue weighted by atomic mass is 35.5. The van der Waals surface area contributed by atoms with E-state index in [4.69, 9.17) is 17.3 Å². The molecule has 1 unspecified atom stereocenters. The van der Waals surface area contributed by atoms with E-state index in [-0.39, 0.29) is 29.8 Å². The van der Waals surface area contributed by atoms with Crippen molar-refractivity contribution < 1.29 is 13.2 Å². The molecule has 4 rings (SSSR count). The van der Waals surface area contributed by atoms with Crippen LogP contribution in [0.4, 0.5) is 0 Å². The van der Waals surface area contributed by atoms with Gasteiger partial charge in [-0.05, 0) is 74.6 Å². The maximum Gasteiger partial charge on any atom is 0.229 e. The van der Waals surface area contributed by atoms with Crippen LogP contribution in [0, 0.1) is 5.41 Å². The third-order valence-electron chi connectivity index (χ3n) is 7.20. The number of benzene rings is 2.